The van der Waals surface area contributed by atoms with Gasteiger partial charge in [0, 0.05) is 11.6 Å². The molecule has 1 aromatic heterocycles. The SMILES string of the molecule is CC(C)(C)c1nccc(NS(=O)(=O)c2ccc3ccccc3c2)n1. The van der Waals surface area contributed by atoms with E-state index in [0.717, 1.165) is 10.8 Å². The predicted molar refractivity (Wildman–Crippen MR) is 95.5 cm³/mol. The molecule has 0 aliphatic carbocycles. The van der Waals surface area contributed by atoms with Crippen molar-refractivity contribution in [1.29, 1.82) is 0 Å². The highest BCUT2D eigenvalue weighted by Gasteiger charge is 2.20. The van der Waals surface area contributed by atoms with Gasteiger partial charge in [-0.25, -0.2) is 18.4 Å². The largest absolute Gasteiger partial charge is 0.263 e. The molecule has 6 heteroatoms. The molecule has 0 saturated carbocycles. The molecule has 24 heavy (non-hydrogen) atoms. The minimum absolute atomic E-state index is 0.206. The number of aromatic nitrogens is 2. The van der Waals surface area contributed by atoms with Gasteiger partial charge in [0.25, 0.3) is 10.0 Å². The second kappa shape index (κ2) is 5.87. The average molecular weight is 341 g/mol. The third-order valence-electron chi connectivity index (χ3n) is 3.60. The fourth-order valence-electron chi connectivity index (χ4n) is 2.31. The molecule has 0 aliphatic rings. The summed E-state index contributed by atoms with van der Waals surface area (Å²) in [4.78, 5) is 8.73. The van der Waals surface area contributed by atoms with Gasteiger partial charge in [-0.15, -0.1) is 0 Å². The van der Waals surface area contributed by atoms with Crippen LogP contribution in [-0.2, 0) is 15.4 Å². The second-order valence-electron chi connectivity index (χ2n) is 6.63. The van der Waals surface area contributed by atoms with Gasteiger partial charge in [-0.2, -0.15) is 0 Å². The maximum absolute atomic E-state index is 12.6. The molecule has 3 aromatic rings. The van der Waals surface area contributed by atoms with Crippen LogP contribution in [0.15, 0.2) is 59.6 Å². The van der Waals surface area contributed by atoms with E-state index in [1.807, 2.05) is 45.0 Å². The van der Waals surface area contributed by atoms with Crippen LogP contribution >= 0.6 is 0 Å². The summed E-state index contributed by atoms with van der Waals surface area (Å²) >= 11 is 0. The van der Waals surface area contributed by atoms with Gasteiger partial charge in [0.15, 0.2) is 0 Å². The molecule has 0 atom stereocenters. The van der Waals surface area contributed by atoms with Gasteiger partial charge in [0.2, 0.25) is 0 Å². The molecule has 0 aliphatic heterocycles. The highest BCUT2D eigenvalue weighted by atomic mass is 32.2. The molecule has 0 spiro atoms. The summed E-state index contributed by atoms with van der Waals surface area (Å²) in [7, 11) is -3.71. The Morgan fingerprint density at radius 1 is 0.958 bits per heavy atom. The minimum Gasteiger partial charge on any atom is -0.263 e. The van der Waals surface area contributed by atoms with E-state index < -0.39 is 10.0 Å². The van der Waals surface area contributed by atoms with E-state index >= 15 is 0 Å². The number of sulfonamides is 1. The van der Waals surface area contributed by atoms with Crippen molar-refractivity contribution < 1.29 is 8.42 Å². The molecule has 0 bridgehead atoms. The Kier molecular flexibility index (Phi) is 4.01. The maximum Gasteiger partial charge on any atom is 0.263 e. The summed E-state index contributed by atoms with van der Waals surface area (Å²) in [6.07, 6.45) is 1.56. The number of hydrogen-bond donors (Lipinski definition) is 1. The van der Waals surface area contributed by atoms with Crippen LogP contribution < -0.4 is 4.72 Å². The molecule has 0 radical (unpaired) electrons. The average Bonchev–Trinajstić information content (AvgIpc) is 2.53. The van der Waals surface area contributed by atoms with Crippen molar-refractivity contribution in [3.05, 3.63) is 60.6 Å². The molecule has 5 nitrogen and oxygen atoms in total. The maximum atomic E-state index is 12.6. The van der Waals surface area contributed by atoms with Crippen LogP contribution in [0.5, 0.6) is 0 Å². The summed E-state index contributed by atoms with van der Waals surface area (Å²) in [6, 6.07) is 14.2. The molecule has 0 fully saturated rings. The van der Waals surface area contributed by atoms with Crippen LogP contribution in [0.25, 0.3) is 10.8 Å². The summed E-state index contributed by atoms with van der Waals surface area (Å²) in [6.45, 7) is 5.93. The number of fused-ring (bicyclic) bond motifs is 1. The van der Waals surface area contributed by atoms with Gasteiger partial charge in [0.1, 0.15) is 11.6 Å². The molecule has 1 N–H and O–H groups in total. The molecule has 2 aromatic carbocycles. The van der Waals surface area contributed by atoms with Gasteiger partial charge in [-0.1, -0.05) is 51.1 Å². The zero-order chi connectivity index (χ0) is 17.4. The zero-order valence-corrected chi connectivity index (χ0v) is 14.6. The highest BCUT2D eigenvalue weighted by Crippen LogP contribution is 2.22. The lowest BCUT2D eigenvalue weighted by Crippen LogP contribution is -2.19. The van der Waals surface area contributed by atoms with E-state index in [1.165, 1.54) is 0 Å². The fraction of sp³-hybridized carbons (Fsp3) is 0.222. The highest BCUT2D eigenvalue weighted by molar-refractivity contribution is 7.92. The Labute approximate surface area is 141 Å². The van der Waals surface area contributed by atoms with Crippen LogP contribution in [0.3, 0.4) is 0 Å². The normalized spacial score (nSPS) is 12.3. The number of nitrogens with one attached hydrogen (secondary N) is 1. The van der Waals surface area contributed by atoms with Crippen LogP contribution in [0.4, 0.5) is 5.82 Å². The Hall–Kier alpha value is -2.47. The van der Waals surface area contributed by atoms with Crippen molar-refractivity contribution >= 4 is 26.6 Å². The Balaban J connectivity index is 1.96. The van der Waals surface area contributed by atoms with Crippen molar-refractivity contribution in [1.82, 2.24) is 9.97 Å². The third kappa shape index (κ3) is 3.38. The quantitative estimate of drug-likeness (QED) is 0.788. The molecule has 0 amide bonds. The molecular formula is C18H19N3O2S. The molecule has 1 heterocycles. The molecule has 0 saturated heterocycles. The molecule has 0 unspecified atom stereocenters. The van der Waals surface area contributed by atoms with Gasteiger partial charge in [0.05, 0.1) is 4.90 Å². The van der Waals surface area contributed by atoms with E-state index in [2.05, 4.69) is 14.7 Å². The van der Waals surface area contributed by atoms with Crippen molar-refractivity contribution in [3.8, 4) is 0 Å². The van der Waals surface area contributed by atoms with Gasteiger partial charge in [-0.3, -0.25) is 4.72 Å². The standard InChI is InChI=1S/C18H19N3O2S/c1-18(2,3)17-19-11-10-16(20-17)21-24(22,23)15-9-8-13-6-4-5-7-14(13)12-15/h4-12H,1-3H3,(H,19,20,21). The van der Waals surface area contributed by atoms with Crippen LogP contribution in [0, 0.1) is 0 Å². The van der Waals surface area contributed by atoms with Crippen molar-refractivity contribution in [2.24, 2.45) is 0 Å². The lowest BCUT2D eigenvalue weighted by molar-refractivity contribution is 0.546. The molecular weight excluding hydrogens is 322 g/mol. The Bertz CT molecular complexity index is 992. The summed E-state index contributed by atoms with van der Waals surface area (Å²) in [5.41, 5.74) is -0.260. The topological polar surface area (TPSA) is 72.0 Å². The summed E-state index contributed by atoms with van der Waals surface area (Å²) in [5.74, 6) is 0.851. The van der Waals surface area contributed by atoms with E-state index in [-0.39, 0.29) is 16.1 Å². The lowest BCUT2D eigenvalue weighted by Gasteiger charge is -2.17. The number of rotatable bonds is 3. The predicted octanol–water partition coefficient (Wildman–Crippen LogP) is 3.73. The number of hydrogen-bond acceptors (Lipinski definition) is 4. The number of anilines is 1. The first-order chi connectivity index (χ1) is 11.3. The minimum atomic E-state index is -3.71. The fourth-order valence-corrected chi connectivity index (χ4v) is 3.34. The first kappa shape index (κ1) is 16.4. The van der Waals surface area contributed by atoms with Crippen LogP contribution in [-0.4, -0.2) is 18.4 Å². The Morgan fingerprint density at radius 2 is 1.67 bits per heavy atom. The second-order valence-corrected chi connectivity index (χ2v) is 8.31. The van der Waals surface area contributed by atoms with E-state index in [4.69, 9.17) is 0 Å². The first-order valence-electron chi connectivity index (χ1n) is 7.61. The molecule has 124 valence electrons. The molecule has 3 rings (SSSR count). The van der Waals surface area contributed by atoms with Gasteiger partial charge >= 0.3 is 0 Å². The summed E-state index contributed by atoms with van der Waals surface area (Å²) < 4.78 is 27.8. The number of nitrogens with zero attached hydrogens (tertiary/aromatic N) is 2. The van der Waals surface area contributed by atoms with E-state index in [0.29, 0.717) is 5.82 Å². The lowest BCUT2D eigenvalue weighted by atomic mass is 9.96. The zero-order valence-electron chi connectivity index (χ0n) is 13.8. The Morgan fingerprint density at radius 3 is 2.38 bits per heavy atom. The number of benzene rings is 2. The van der Waals surface area contributed by atoms with E-state index in [9.17, 15) is 8.42 Å². The van der Waals surface area contributed by atoms with Crippen molar-refractivity contribution in [2.75, 3.05) is 4.72 Å². The summed E-state index contributed by atoms with van der Waals surface area (Å²) in [5, 5.41) is 1.87. The first-order valence-corrected chi connectivity index (χ1v) is 9.09. The van der Waals surface area contributed by atoms with E-state index in [1.54, 1.807) is 30.5 Å². The van der Waals surface area contributed by atoms with Gasteiger partial charge < -0.3 is 0 Å². The third-order valence-corrected chi connectivity index (χ3v) is 4.95. The van der Waals surface area contributed by atoms with Gasteiger partial charge in [-0.05, 0) is 29.0 Å². The monoisotopic (exact) mass is 341 g/mol. The van der Waals surface area contributed by atoms with Crippen LogP contribution in [0.1, 0.15) is 26.6 Å². The van der Waals surface area contributed by atoms with Crippen molar-refractivity contribution in [2.45, 2.75) is 31.1 Å². The van der Waals surface area contributed by atoms with Crippen LogP contribution in [0.2, 0.25) is 0 Å². The smallest absolute Gasteiger partial charge is 0.263 e. The van der Waals surface area contributed by atoms with Crippen molar-refractivity contribution in [3.63, 3.8) is 0 Å².